The van der Waals surface area contributed by atoms with E-state index in [9.17, 15) is 9.59 Å². The second-order valence-electron chi connectivity index (χ2n) is 6.09. The van der Waals surface area contributed by atoms with Crippen LogP contribution in [0.15, 0.2) is 42.5 Å². The summed E-state index contributed by atoms with van der Waals surface area (Å²) in [7, 11) is 0. The van der Waals surface area contributed by atoms with Crippen LogP contribution in [0.2, 0.25) is 0 Å². The van der Waals surface area contributed by atoms with Gasteiger partial charge >= 0.3 is 5.97 Å². The number of ketones is 1. The largest absolute Gasteiger partial charge is 0.486 e. The number of aryl methyl sites for hydroxylation is 2. The maximum atomic E-state index is 12.2. The summed E-state index contributed by atoms with van der Waals surface area (Å²) in [6.45, 7) is 4.52. The topological polar surface area (TPSA) is 61.8 Å². The maximum absolute atomic E-state index is 12.2. The lowest BCUT2D eigenvalue weighted by atomic mass is 10.0. The zero-order valence-corrected chi connectivity index (χ0v) is 14.8. The molecule has 3 rings (SSSR count). The van der Waals surface area contributed by atoms with Crippen molar-refractivity contribution in [3.8, 4) is 11.5 Å². The van der Waals surface area contributed by atoms with E-state index in [0.717, 1.165) is 16.7 Å². The van der Waals surface area contributed by atoms with Gasteiger partial charge in [0, 0.05) is 11.6 Å². The van der Waals surface area contributed by atoms with Crippen LogP contribution >= 0.6 is 0 Å². The number of Topliss-reactive ketones (excluding diaryl/α,β-unsaturated/α-hetero) is 1. The van der Waals surface area contributed by atoms with Crippen molar-refractivity contribution in [2.75, 3.05) is 19.8 Å². The molecule has 2 aromatic rings. The Hall–Kier alpha value is -3.08. The van der Waals surface area contributed by atoms with E-state index in [-0.39, 0.29) is 12.4 Å². The van der Waals surface area contributed by atoms with Crippen molar-refractivity contribution >= 4 is 17.8 Å². The van der Waals surface area contributed by atoms with Gasteiger partial charge in [0.2, 0.25) is 5.78 Å². The molecule has 0 N–H and O–H groups in total. The van der Waals surface area contributed by atoms with Gasteiger partial charge in [0.15, 0.2) is 18.1 Å². The first-order valence-corrected chi connectivity index (χ1v) is 8.38. The highest BCUT2D eigenvalue weighted by Gasteiger charge is 2.12. The van der Waals surface area contributed by atoms with Crippen LogP contribution in [0, 0.1) is 13.8 Å². The summed E-state index contributed by atoms with van der Waals surface area (Å²) in [6.07, 6.45) is 2.91. The van der Waals surface area contributed by atoms with Gasteiger partial charge in [0.1, 0.15) is 13.2 Å². The average molecular weight is 352 g/mol. The molecule has 5 heteroatoms. The van der Waals surface area contributed by atoms with Gasteiger partial charge in [0.05, 0.1) is 0 Å². The first kappa shape index (κ1) is 17.7. The Morgan fingerprint density at radius 2 is 1.81 bits per heavy atom. The molecule has 0 unspecified atom stereocenters. The Morgan fingerprint density at radius 1 is 1.04 bits per heavy atom. The van der Waals surface area contributed by atoms with Crippen molar-refractivity contribution in [3.05, 3.63) is 64.7 Å². The minimum absolute atomic E-state index is 0.215. The molecule has 0 aromatic heterocycles. The molecule has 0 fully saturated rings. The number of fused-ring (bicyclic) bond motifs is 1. The van der Waals surface area contributed by atoms with Crippen LogP contribution in [0.3, 0.4) is 0 Å². The molecule has 5 nitrogen and oxygen atoms in total. The second-order valence-corrected chi connectivity index (χ2v) is 6.09. The normalized spacial score (nSPS) is 12.8. The summed E-state index contributed by atoms with van der Waals surface area (Å²) in [5.74, 6) is 0.554. The molecule has 26 heavy (non-hydrogen) atoms. The minimum atomic E-state index is -0.571. The van der Waals surface area contributed by atoms with Crippen molar-refractivity contribution in [3.63, 3.8) is 0 Å². The van der Waals surface area contributed by atoms with E-state index in [1.165, 1.54) is 6.08 Å². The number of carbonyl (C=O) groups excluding carboxylic acids is 2. The lowest BCUT2D eigenvalue weighted by Gasteiger charge is -2.18. The van der Waals surface area contributed by atoms with Crippen LogP contribution in [0.5, 0.6) is 11.5 Å². The maximum Gasteiger partial charge on any atom is 0.331 e. The first-order chi connectivity index (χ1) is 12.5. The SMILES string of the molecule is Cc1ccc(C)c(C(=O)COC(=O)/C=C/c2ccc3c(c2)OCCO3)c1. The van der Waals surface area contributed by atoms with Gasteiger partial charge in [-0.1, -0.05) is 23.8 Å². The molecule has 1 aliphatic rings. The number of carbonyl (C=O) groups is 2. The fourth-order valence-electron chi connectivity index (χ4n) is 2.63. The van der Waals surface area contributed by atoms with Crippen LogP contribution in [0.1, 0.15) is 27.0 Å². The number of esters is 1. The van der Waals surface area contributed by atoms with Crippen LogP contribution < -0.4 is 9.47 Å². The summed E-state index contributed by atoms with van der Waals surface area (Å²) in [5.41, 5.74) is 3.22. The molecule has 0 bridgehead atoms. The first-order valence-electron chi connectivity index (χ1n) is 8.38. The van der Waals surface area contributed by atoms with Gasteiger partial charge in [-0.2, -0.15) is 0 Å². The van der Waals surface area contributed by atoms with Crippen molar-refractivity contribution in [1.29, 1.82) is 0 Å². The van der Waals surface area contributed by atoms with Gasteiger partial charge in [-0.15, -0.1) is 0 Å². The van der Waals surface area contributed by atoms with Crippen molar-refractivity contribution in [1.82, 2.24) is 0 Å². The molecule has 0 aliphatic carbocycles. The fraction of sp³-hybridized carbons (Fsp3) is 0.238. The Bertz CT molecular complexity index is 867. The van der Waals surface area contributed by atoms with Crippen molar-refractivity contribution < 1.29 is 23.8 Å². The second kappa shape index (κ2) is 7.87. The lowest BCUT2D eigenvalue weighted by molar-refractivity contribution is -0.136. The van der Waals surface area contributed by atoms with E-state index in [1.807, 2.05) is 32.0 Å². The zero-order valence-electron chi connectivity index (χ0n) is 14.8. The van der Waals surface area contributed by atoms with E-state index in [2.05, 4.69) is 0 Å². The Labute approximate surface area is 152 Å². The highest BCUT2D eigenvalue weighted by molar-refractivity contribution is 6.00. The summed E-state index contributed by atoms with van der Waals surface area (Å²) in [4.78, 5) is 24.1. The summed E-state index contributed by atoms with van der Waals surface area (Å²) < 4.78 is 16.0. The number of ether oxygens (including phenoxy) is 3. The summed E-state index contributed by atoms with van der Waals surface area (Å²) in [5, 5.41) is 0. The van der Waals surface area contributed by atoms with Gasteiger partial charge in [-0.25, -0.2) is 4.79 Å². The Balaban J connectivity index is 1.58. The monoisotopic (exact) mass is 352 g/mol. The molecule has 0 radical (unpaired) electrons. The quantitative estimate of drug-likeness (QED) is 0.468. The van der Waals surface area contributed by atoms with Crippen LogP contribution in [-0.4, -0.2) is 31.6 Å². The van der Waals surface area contributed by atoms with Gasteiger partial charge in [-0.05, 0) is 49.2 Å². The van der Waals surface area contributed by atoms with E-state index in [4.69, 9.17) is 14.2 Å². The predicted molar refractivity (Wildman–Crippen MR) is 97.7 cm³/mol. The molecule has 0 atom stereocenters. The van der Waals surface area contributed by atoms with Gasteiger partial charge in [0.25, 0.3) is 0 Å². The van der Waals surface area contributed by atoms with E-state index in [1.54, 1.807) is 24.3 Å². The molecular weight excluding hydrogens is 332 g/mol. The number of hydrogen-bond acceptors (Lipinski definition) is 5. The third-order valence-corrected chi connectivity index (χ3v) is 4.02. The minimum Gasteiger partial charge on any atom is -0.486 e. The third kappa shape index (κ3) is 4.30. The van der Waals surface area contributed by atoms with Gasteiger partial charge in [-0.3, -0.25) is 4.79 Å². The predicted octanol–water partition coefficient (Wildman–Crippen LogP) is 3.51. The standard InChI is InChI=1S/C21H20O5/c1-14-3-4-15(2)17(11-14)18(22)13-26-21(23)8-6-16-5-7-19-20(12-16)25-10-9-24-19/h3-8,11-12H,9-10,13H2,1-2H3/b8-6+. The molecule has 134 valence electrons. The van der Waals surface area contributed by atoms with E-state index in [0.29, 0.717) is 30.3 Å². The van der Waals surface area contributed by atoms with Gasteiger partial charge < -0.3 is 14.2 Å². The van der Waals surface area contributed by atoms with Crippen LogP contribution in [0.25, 0.3) is 6.08 Å². The summed E-state index contributed by atoms with van der Waals surface area (Å²) >= 11 is 0. The number of hydrogen-bond donors (Lipinski definition) is 0. The lowest BCUT2D eigenvalue weighted by Crippen LogP contribution is -2.15. The third-order valence-electron chi connectivity index (χ3n) is 4.02. The average Bonchev–Trinajstić information content (AvgIpc) is 2.66. The van der Waals surface area contributed by atoms with Crippen molar-refractivity contribution in [2.45, 2.75) is 13.8 Å². The van der Waals surface area contributed by atoms with Crippen molar-refractivity contribution in [2.24, 2.45) is 0 Å². The van der Waals surface area contributed by atoms with E-state index >= 15 is 0 Å². The van der Waals surface area contributed by atoms with Crippen LogP contribution in [0.4, 0.5) is 0 Å². The summed E-state index contributed by atoms with van der Waals surface area (Å²) in [6, 6.07) is 11.0. The fourth-order valence-corrected chi connectivity index (χ4v) is 2.63. The molecular formula is C21H20O5. The van der Waals surface area contributed by atoms with E-state index < -0.39 is 5.97 Å². The Kier molecular flexibility index (Phi) is 5.37. The zero-order chi connectivity index (χ0) is 18.5. The molecule has 0 saturated heterocycles. The van der Waals surface area contributed by atoms with Crippen LogP contribution in [-0.2, 0) is 9.53 Å². The smallest absolute Gasteiger partial charge is 0.331 e. The molecule has 1 aliphatic heterocycles. The molecule has 0 spiro atoms. The Morgan fingerprint density at radius 3 is 2.62 bits per heavy atom. The molecule has 0 saturated carbocycles. The molecule has 0 amide bonds. The number of benzene rings is 2. The highest BCUT2D eigenvalue weighted by atomic mass is 16.6. The number of rotatable bonds is 5. The molecule has 2 aromatic carbocycles. The highest BCUT2D eigenvalue weighted by Crippen LogP contribution is 2.31. The molecule has 1 heterocycles.